The third-order valence-electron chi connectivity index (χ3n) is 14.0. The zero-order chi connectivity index (χ0) is 69.4. The Balaban J connectivity index is 0.000000221. The quantitative estimate of drug-likeness (QED) is 0.0244. The van der Waals surface area contributed by atoms with E-state index in [2.05, 4.69) is 0 Å². The van der Waals surface area contributed by atoms with Crippen molar-refractivity contribution in [1.82, 2.24) is 10.6 Å². The van der Waals surface area contributed by atoms with Crippen LogP contribution in [0.2, 0.25) is 50.2 Å². The summed E-state index contributed by atoms with van der Waals surface area (Å²) in [6.45, 7) is -2.04. The van der Waals surface area contributed by atoms with Gasteiger partial charge in [0.15, 0.2) is 0 Å². The van der Waals surface area contributed by atoms with Gasteiger partial charge in [-0.1, -0.05) is 140 Å². The molecule has 0 fully saturated rings. The van der Waals surface area contributed by atoms with Crippen LogP contribution in [-0.4, -0.2) is 78.7 Å². The second-order valence-corrected chi connectivity index (χ2v) is 23.4. The minimum Gasteiger partial charge on any atom is -0.507 e. The third-order valence-corrected chi connectivity index (χ3v) is 18.2. The molecule has 0 radical (unpaired) electrons. The smallest absolute Gasteiger partial charge is 0.471 e. The molecule has 2 aliphatic heterocycles. The van der Waals surface area contributed by atoms with Crippen LogP contribution in [0, 0.1) is 0 Å². The highest BCUT2D eigenvalue weighted by molar-refractivity contribution is 6.55. The first kappa shape index (κ1) is 69.9. The van der Waals surface area contributed by atoms with Crippen LogP contribution in [0.25, 0.3) is 89.1 Å². The van der Waals surface area contributed by atoms with E-state index in [4.69, 9.17) is 125 Å². The summed E-state index contributed by atoms with van der Waals surface area (Å²) in [5.41, 5.74) is -6.00. The number of amides is 2. The molecule has 0 atom stereocenters. The van der Waals surface area contributed by atoms with Crippen molar-refractivity contribution < 1.29 is 94.6 Å². The van der Waals surface area contributed by atoms with E-state index < -0.39 is 152 Å². The average Bonchev–Trinajstić information content (AvgIpc) is 0.726. The molecule has 10 rings (SSSR count). The maximum absolute atomic E-state index is 13.2. The molecule has 6 aromatic carbocycles. The molecule has 8 N–H and O–H groups in total. The highest BCUT2D eigenvalue weighted by atomic mass is 35.5. The molecule has 0 spiro atoms. The van der Waals surface area contributed by atoms with Crippen molar-refractivity contribution >= 4 is 174 Å². The monoisotopic (exact) mass is 1490 g/mol. The highest BCUT2D eigenvalue weighted by Crippen LogP contribution is 2.55. The van der Waals surface area contributed by atoms with Gasteiger partial charge in [0.2, 0.25) is 10.9 Å². The third kappa shape index (κ3) is 13.0. The molecule has 2 amide bonds. The zero-order valence-electron chi connectivity index (χ0n) is 45.3. The number of halogens is 16. The molecular weight excluding hydrogens is 1470 g/mol. The fraction of sp³-hybridized carbons (Fsp3) is 0.0667. The van der Waals surface area contributed by atoms with Crippen LogP contribution < -0.4 is 21.5 Å². The first-order valence-electron chi connectivity index (χ1n) is 25.3. The molecule has 0 unspecified atom stereocenters. The Morgan fingerprint density at radius 3 is 1.33 bits per heavy atom. The fourth-order valence-corrected chi connectivity index (χ4v) is 12.2. The minimum atomic E-state index is -5.32. The number of nitrogens with one attached hydrogen (secondary N) is 2. The van der Waals surface area contributed by atoms with E-state index in [9.17, 15) is 95.3 Å². The van der Waals surface area contributed by atoms with Gasteiger partial charge >= 0.3 is 48.0 Å². The Hall–Kier alpha value is -8.40. The molecule has 94 heavy (non-hydrogen) atoms. The van der Waals surface area contributed by atoms with Gasteiger partial charge in [0.25, 0.3) is 0 Å². The number of benzene rings is 8. The lowest BCUT2D eigenvalue weighted by atomic mass is 9.87. The maximum atomic E-state index is 13.2. The van der Waals surface area contributed by atoms with E-state index in [0.29, 0.717) is 5.56 Å². The van der Waals surface area contributed by atoms with E-state index in [0.717, 1.165) is 24.3 Å². The van der Waals surface area contributed by atoms with Crippen LogP contribution in [0.4, 0.5) is 26.3 Å². The number of alkyl halides is 6. The van der Waals surface area contributed by atoms with Gasteiger partial charge in [0, 0.05) is 67.4 Å². The van der Waals surface area contributed by atoms with E-state index in [1.54, 1.807) is 10.6 Å². The number of carbonyl (C=O) groups excluding carboxylic acids is 2. The second kappa shape index (κ2) is 26.4. The number of rotatable bonds is 12. The van der Waals surface area contributed by atoms with Crippen LogP contribution in [0.15, 0.2) is 103 Å². The fourth-order valence-electron chi connectivity index (χ4n) is 9.73. The molecule has 484 valence electrons. The largest absolute Gasteiger partial charge is 0.507 e. The molecule has 2 aliphatic carbocycles. The first-order valence-corrected chi connectivity index (χ1v) is 29.1. The van der Waals surface area contributed by atoms with Crippen LogP contribution in [0.3, 0.4) is 0 Å². The molecule has 0 bridgehead atoms. The summed E-state index contributed by atoms with van der Waals surface area (Å²) in [5.74, 6) is -12.4. The Morgan fingerprint density at radius 1 is 0.447 bits per heavy atom. The summed E-state index contributed by atoms with van der Waals surface area (Å²) >= 11 is 63.3. The van der Waals surface area contributed by atoms with E-state index in [1.165, 1.54) is 60.7 Å². The molecule has 18 nitrogen and oxygen atoms in total. The predicted molar refractivity (Wildman–Crippen MR) is 337 cm³/mol. The van der Waals surface area contributed by atoms with Crippen molar-refractivity contribution in [2.24, 2.45) is 0 Å². The number of hydrogen-bond acceptors (Lipinski definition) is 12. The van der Waals surface area contributed by atoms with Gasteiger partial charge in [0.05, 0.1) is 96.7 Å². The number of aromatic hydroxyl groups is 2. The molecule has 0 aromatic heterocycles. The van der Waals surface area contributed by atoms with Crippen molar-refractivity contribution in [2.45, 2.75) is 25.4 Å². The van der Waals surface area contributed by atoms with Crippen molar-refractivity contribution in [2.75, 3.05) is 0 Å². The minimum absolute atomic E-state index is 0.00791. The van der Waals surface area contributed by atoms with Crippen molar-refractivity contribution in [3.63, 3.8) is 0 Å². The van der Waals surface area contributed by atoms with E-state index in [1.807, 2.05) is 0 Å². The number of phenolic OH excluding ortho intramolecular Hbond substituents is 2. The number of carbonyl (C=O) groups is 6. The van der Waals surface area contributed by atoms with Crippen LogP contribution in [0.1, 0.15) is 52.6 Å². The molecular formula is C60H26Cl10F6N2O16. The predicted octanol–water partition coefficient (Wildman–Crippen LogP) is 17.6. The summed E-state index contributed by atoms with van der Waals surface area (Å²) in [7, 11) is 0. The SMILES string of the molecule is O=C(O)c1ccc(-c2cc3c(-c4c(Cl)c(Cl)c(Cl)c(Cl)c4C(=O)O)c4cc(Cl)c(=O)c(CNC(=O)C(F)(F)F)c-4oc3cc2O)cc1.O=C(O)c1ccc(-c2cc3c(-c4c(Cl)c(Cl)c(Cl)c(Cl)c4C(=O)O)c4cc(Cl)c(=O)cc-4oc3c(CNC(=O)C(F)(F)F)c2O)cc1. The topological polar surface area (TPSA) is 308 Å². The highest BCUT2D eigenvalue weighted by Gasteiger charge is 2.41. The van der Waals surface area contributed by atoms with Gasteiger partial charge in [0.1, 0.15) is 34.2 Å². The number of phenols is 2. The molecule has 6 aromatic rings. The number of carboxylic acids is 4. The number of hydrogen-bond donors (Lipinski definition) is 8. The molecule has 0 saturated carbocycles. The van der Waals surface area contributed by atoms with Gasteiger partial charge in [-0.05, 0) is 59.7 Å². The Kier molecular flexibility index (Phi) is 19.7. The van der Waals surface area contributed by atoms with Gasteiger partial charge in [-0.25, -0.2) is 19.2 Å². The van der Waals surface area contributed by atoms with Crippen molar-refractivity contribution in [3.05, 3.63) is 189 Å². The summed E-state index contributed by atoms with van der Waals surface area (Å²) in [6.07, 6.45) is -10.6. The lowest BCUT2D eigenvalue weighted by molar-refractivity contribution is -0.173. The summed E-state index contributed by atoms with van der Waals surface area (Å²) in [4.78, 5) is 97.1. The summed E-state index contributed by atoms with van der Waals surface area (Å²) in [5, 5.41) is 60.1. The second-order valence-electron chi connectivity index (χ2n) is 19.5. The van der Waals surface area contributed by atoms with Crippen molar-refractivity contribution in [3.8, 4) is 78.7 Å². The molecule has 2 heterocycles. The molecule has 0 saturated heterocycles. The number of fused-ring (bicyclic) bond motifs is 4. The van der Waals surface area contributed by atoms with Gasteiger partial charge in [-0.3, -0.25) is 19.2 Å². The van der Waals surface area contributed by atoms with E-state index >= 15 is 0 Å². The van der Waals surface area contributed by atoms with Gasteiger partial charge < -0.3 is 50.1 Å². The number of carboxylic acid groups (broad SMARTS) is 4. The molecule has 34 heteroatoms. The van der Waals surface area contributed by atoms with Crippen LogP contribution in [0.5, 0.6) is 11.5 Å². The maximum Gasteiger partial charge on any atom is 0.471 e. The first-order chi connectivity index (χ1) is 43.9. The van der Waals surface area contributed by atoms with Crippen LogP contribution in [-0.2, 0) is 22.7 Å². The van der Waals surface area contributed by atoms with Gasteiger partial charge in [-0.15, -0.1) is 0 Å². The number of aromatic carboxylic acids is 4. The zero-order valence-corrected chi connectivity index (χ0v) is 52.9. The summed E-state index contributed by atoms with van der Waals surface area (Å²) in [6, 6.07) is 16.9. The van der Waals surface area contributed by atoms with Gasteiger partial charge in [-0.2, -0.15) is 26.3 Å². The lowest BCUT2D eigenvalue weighted by Gasteiger charge is -2.22. The Bertz CT molecular complexity index is 5020. The summed E-state index contributed by atoms with van der Waals surface area (Å²) < 4.78 is 90.3. The standard InChI is InChI=1S/2C30H13Cl5F3NO8/c31-15-6-12-17(7-16(15)40)47-26-13(18(12)19-20(28(44)45)22(33)24(35)23(34)21(19)32)5-11(9-1-3-10(4-2-9)27(42)43)25(41)14(26)8-39-29(46)30(36,37)38;31-15-6-13-18(19-20(28(44)45)22(33)24(35)23(34)21(19)32)12-5-11(9-1-3-10(4-2-9)27(42)43)16(40)7-17(12)47-26(13)14(25(15)41)8-39-29(46)30(36,37)38/h1-7,41H,8H2,(H,39,46)(H,42,43)(H,44,45);1-7,40H,8H2,(H,39,46)(H,42,43)(H,44,45). The lowest BCUT2D eigenvalue weighted by Crippen LogP contribution is -2.37. The Labute approximate surface area is 568 Å². The molecule has 4 aliphatic rings. The van der Waals surface area contributed by atoms with Crippen LogP contribution >= 0.6 is 116 Å². The Morgan fingerprint density at radius 2 is 0.872 bits per heavy atom. The average molecular weight is 1500 g/mol. The van der Waals surface area contributed by atoms with Crippen molar-refractivity contribution in [1.29, 1.82) is 0 Å². The van der Waals surface area contributed by atoms with E-state index in [-0.39, 0.29) is 98.4 Å². The normalized spacial score (nSPS) is 11.7.